The van der Waals surface area contributed by atoms with Crippen LogP contribution in [0.5, 0.6) is 0 Å². The molecular formula is C18H10Cl2F4N2O. The van der Waals surface area contributed by atoms with Crippen molar-refractivity contribution in [1.82, 2.24) is 4.98 Å². The number of aromatic nitrogens is 1. The van der Waals surface area contributed by atoms with E-state index in [4.69, 9.17) is 23.2 Å². The minimum absolute atomic E-state index is 0.0407. The highest BCUT2D eigenvalue weighted by atomic mass is 35.5. The second-order valence-electron chi connectivity index (χ2n) is 5.57. The van der Waals surface area contributed by atoms with Crippen molar-refractivity contribution in [3.63, 3.8) is 0 Å². The first-order valence-electron chi connectivity index (χ1n) is 7.56. The van der Waals surface area contributed by atoms with Gasteiger partial charge in [-0.25, -0.2) is 22.5 Å². The Hall–Kier alpha value is -2.38. The molecule has 1 amide bonds. The first-order valence-corrected chi connectivity index (χ1v) is 8.47. The molecule has 0 bridgehead atoms. The summed E-state index contributed by atoms with van der Waals surface area (Å²) < 4.78 is 54.6. The summed E-state index contributed by atoms with van der Waals surface area (Å²) in [4.78, 5) is 17.3. The number of carbonyl (C=O) groups is 1. The van der Waals surface area contributed by atoms with Gasteiger partial charge in [0.15, 0.2) is 17.5 Å². The second kappa shape index (κ2) is 7.70. The van der Waals surface area contributed by atoms with Crippen LogP contribution in [0.4, 0.5) is 23.4 Å². The summed E-state index contributed by atoms with van der Waals surface area (Å²) >= 11 is 11.5. The predicted molar refractivity (Wildman–Crippen MR) is 94.9 cm³/mol. The van der Waals surface area contributed by atoms with Gasteiger partial charge in [-0.3, -0.25) is 9.69 Å². The molecule has 27 heavy (non-hydrogen) atoms. The lowest BCUT2D eigenvalue weighted by molar-refractivity contribution is -0.116. The largest absolute Gasteiger partial charge is 0.291 e. The van der Waals surface area contributed by atoms with Crippen molar-refractivity contribution >= 4 is 45.8 Å². The van der Waals surface area contributed by atoms with Crippen molar-refractivity contribution in [1.29, 1.82) is 0 Å². The number of amides is 1. The quantitative estimate of drug-likeness (QED) is 0.253. The number of nitrogens with zero attached hydrogens (tertiary/aromatic N) is 2. The Bertz CT molecular complexity index is 1050. The topological polar surface area (TPSA) is 33.2 Å². The van der Waals surface area contributed by atoms with E-state index in [9.17, 15) is 22.4 Å². The SMILES string of the molecule is O=C(CCl)N(Cc1c(F)cc(F)c(F)c1F)c1ccc2cc(Cl)ccc2n1. The summed E-state index contributed by atoms with van der Waals surface area (Å²) in [5.74, 6) is -7.72. The number of hydrogen-bond acceptors (Lipinski definition) is 2. The van der Waals surface area contributed by atoms with Gasteiger partial charge in [-0.2, -0.15) is 0 Å². The molecule has 140 valence electrons. The van der Waals surface area contributed by atoms with Gasteiger partial charge in [-0.05, 0) is 30.3 Å². The van der Waals surface area contributed by atoms with Gasteiger partial charge in [-0.1, -0.05) is 11.6 Å². The molecule has 1 heterocycles. The Morgan fingerprint density at radius 3 is 2.44 bits per heavy atom. The van der Waals surface area contributed by atoms with Crippen molar-refractivity contribution in [3.8, 4) is 0 Å². The van der Waals surface area contributed by atoms with Crippen LogP contribution in [0.25, 0.3) is 10.9 Å². The summed E-state index contributed by atoms with van der Waals surface area (Å²) in [5.41, 5.74) is -0.346. The van der Waals surface area contributed by atoms with Gasteiger partial charge in [-0.15, -0.1) is 11.6 Å². The van der Waals surface area contributed by atoms with E-state index in [2.05, 4.69) is 4.98 Å². The van der Waals surface area contributed by atoms with Crippen LogP contribution >= 0.6 is 23.2 Å². The van der Waals surface area contributed by atoms with Gasteiger partial charge < -0.3 is 0 Å². The molecule has 0 saturated heterocycles. The monoisotopic (exact) mass is 416 g/mol. The number of anilines is 1. The van der Waals surface area contributed by atoms with E-state index in [0.717, 1.165) is 4.90 Å². The third kappa shape index (κ3) is 3.84. The molecule has 0 fully saturated rings. The van der Waals surface area contributed by atoms with E-state index < -0.39 is 47.2 Å². The fourth-order valence-electron chi connectivity index (χ4n) is 2.51. The number of hydrogen-bond donors (Lipinski definition) is 0. The highest BCUT2D eigenvalue weighted by Gasteiger charge is 2.24. The number of alkyl halides is 1. The molecule has 0 saturated carbocycles. The molecule has 9 heteroatoms. The number of rotatable bonds is 4. The lowest BCUT2D eigenvalue weighted by atomic mass is 10.1. The fraction of sp³-hybridized carbons (Fsp3) is 0.111. The van der Waals surface area contributed by atoms with Gasteiger partial charge in [0.2, 0.25) is 5.91 Å². The van der Waals surface area contributed by atoms with Crippen LogP contribution < -0.4 is 4.90 Å². The van der Waals surface area contributed by atoms with Crippen LogP contribution in [-0.4, -0.2) is 16.8 Å². The average molecular weight is 417 g/mol. The van der Waals surface area contributed by atoms with E-state index >= 15 is 0 Å². The Kier molecular flexibility index (Phi) is 5.53. The summed E-state index contributed by atoms with van der Waals surface area (Å²) in [6.45, 7) is -0.716. The standard InChI is InChI=1S/C18H10Cl2F4N2O/c19-7-16(27)26(8-11-12(21)6-13(22)18(24)17(11)23)15-4-1-9-5-10(20)2-3-14(9)25-15/h1-6H,7-8H2. The average Bonchev–Trinajstić information content (AvgIpc) is 2.65. The molecule has 1 aromatic heterocycles. The van der Waals surface area contributed by atoms with E-state index in [1.54, 1.807) is 24.3 Å². The molecule has 3 rings (SSSR count). The highest BCUT2D eigenvalue weighted by Crippen LogP contribution is 2.26. The zero-order chi connectivity index (χ0) is 19.7. The van der Waals surface area contributed by atoms with E-state index in [-0.39, 0.29) is 11.9 Å². The first-order chi connectivity index (χ1) is 12.8. The predicted octanol–water partition coefficient (Wildman–Crippen LogP) is 5.22. The molecule has 2 aromatic carbocycles. The molecule has 3 aromatic rings. The minimum Gasteiger partial charge on any atom is -0.291 e. The molecule has 0 aliphatic rings. The van der Waals surface area contributed by atoms with Crippen LogP contribution in [0, 0.1) is 23.3 Å². The number of pyridine rings is 1. The minimum atomic E-state index is -1.83. The van der Waals surface area contributed by atoms with Crippen LogP contribution in [-0.2, 0) is 11.3 Å². The molecular weight excluding hydrogens is 407 g/mol. The van der Waals surface area contributed by atoms with Crippen LogP contribution in [0.3, 0.4) is 0 Å². The van der Waals surface area contributed by atoms with Crippen LogP contribution in [0.2, 0.25) is 5.02 Å². The van der Waals surface area contributed by atoms with Crippen molar-refractivity contribution in [2.75, 3.05) is 10.8 Å². The maximum absolute atomic E-state index is 14.0. The molecule has 0 unspecified atom stereocenters. The van der Waals surface area contributed by atoms with Gasteiger partial charge in [0, 0.05) is 22.0 Å². The smallest absolute Gasteiger partial charge is 0.243 e. The van der Waals surface area contributed by atoms with Gasteiger partial charge >= 0.3 is 0 Å². The summed E-state index contributed by atoms with van der Waals surface area (Å²) in [6.07, 6.45) is 0. The molecule has 0 atom stereocenters. The lowest BCUT2D eigenvalue weighted by Gasteiger charge is -2.22. The van der Waals surface area contributed by atoms with E-state index in [1.807, 2.05) is 0 Å². The van der Waals surface area contributed by atoms with Gasteiger partial charge in [0.25, 0.3) is 0 Å². The first kappa shape index (κ1) is 19.4. The molecule has 0 spiro atoms. The Balaban J connectivity index is 2.07. The molecule has 0 radical (unpaired) electrons. The van der Waals surface area contributed by atoms with Gasteiger partial charge in [0.1, 0.15) is 17.5 Å². The fourth-order valence-corrected chi connectivity index (χ4v) is 2.84. The number of fused-ring (bicyclic) bond motifs is 1. The number of halogens is 6. The van der Waals surface area contributed by atoms with Crippen molar-refractivity contribution in [3.05, 3.63) is 70.3 Å². The maximum atomic E-state index is 14.0. The number of carbonyl (C=O) groups excluding carboxylic acids is 1. The summed E-state index contributed by atoms with van der Waals surface area (Å²) in [6, 6.07) is 8.09. The number of benzene rings is 2. The lowest BCUT2D eigenvalue weighted by Crippen LogP contribution is -2.33. The third-order valence-corrected chi connectivity index (χ3v) is 4.32. The normalized spacial score (nSPS) is 11.0. The maximum Gasteiger partial charge on any atom is 0.243 e. The van der Waals surface area contributed by atoms with E-state index in [1.165, 1.54) is 6.07 Å². The molecule has 0 aliphatic heterocycles. The Morgan fingerprint density at radius 2 is 1.74 bits per heavy atom. The zero-order valence-corrected chi connectivity index (χ0v) is 15.0. The summed E-state index contributed by atoms with van der Waals surface area (Å²) in [5, 5.41) is 1.16. The zero-order valence-electron chi connectivity index (χ0n) is 13.4. The second-order valence-corrected chi connectivity index (χ2v) is 6.27. The molecule has 0 aliphatic carbocycles. The molecule has 0 N–H and O–H groups in total. The van der Waals surface area contributed by atoms with Crippen molar-refractivity contribution in [2.24, 2.45) is 0 Å². The third-order valence-electron chi connectivity index (χ3n) is 3.85. The Morgan fingerprint density at radius 1 is 1.00 bits per heavy atom. The van der Waals surface area contributed by atoms with E-state index in [0.29, 0.717) is 15.9 Å². The molecule has 3 nitrogen and oxygen atoms in total. The highest BCUT2D eigenvalue weighted by molar-refractivity contribution is 6.31. The van der Waals surface area contributed by atoms with Crippen molar-refractivity contribution < 1.29 is 22.4 Å². The summed E-state index contributed by atoms with van der Waals surface area (Å²) in [7, 11) is 0. The van der Waals surface area contributed by atoms with Crippen molar-refractivity contribution in [2.45, 2.75) is 6.54 Å². The van der Waals surface area contributed by atoms with Crippen LogP contribution in [0.1, 0.15) is 5.56 Å². The Labute approximate surface area is 161 Å². The van der Waals surface area contributed by atoms with Gasteiger partial charge in [0.05, 0.1) is 12.1 Å². The van der Waals surface area contributed by atoms with Crippen LogP contribution in [0.15, 0.2) is 36.4 Å².